The molecule has 0 bridgehead atoms. The Kier molecular flexibility index (Phi) is 5.86. The molecule has 106 valence electrons. The number of rotatable bonds is 6. The van der Waals surface area contributed by atoms with E-state index in [4.69, 9.17) is 11.6 Å². The van der Waals surface area contributed by atoms with E-state index in [1.165, 1.54) is 5.56 Å². The molecule has 1 N–H and O–H groups in total. The molecule has 1 aromatic rings. The molecule has 1 aromatic carbocycles. The van der Waals surface area contributed by atoms with Crippen molar-refractivity contribution in [3.63, 3.8) is 0 Å². The summed E-state index contributed by atoms with van der Waals surface area (Å²) in [5, 5.41) is 3.10. The van der Waals surface area contributed by atoms with Gasteiger partial charge in [-0.2, -0.15) is 0 Å². The minimum absolute atomic E-state index is 0.0538. The van der Waals surface area contributed by atoms with Gasteiger partial charge in [-0.05, 0) is 37.8 Å². The van der Waals surface area contributed by atoms with E-state index in [1.807, 2.05) is 13.8 Å². The molecule has 0 fully saturated rings. The Hall–Kier alpha value is -1.02. The summed E-state index contributed by atoms with van der Waals surface area (Å²) in [7, 11) is 0. The van der Waals surface area contributed by atoms with Crippen molar-refractivity contribution in [2.75, 3.05) is 5.88 Å². The van der Waals surface area contributed by atoms with E-state index >= 15 is 0 Å². The average molecular weight is 282 g/mol. The van der Waals surface area contributed by atoms with Crippen LogP contribution in [0.1, 0.15) is 43.4 Å². The number of carbonyl (C=O) groups excluding carboxylic acids is 1. The van der Waals surface area contributed by atoms with Crippen LogP contribution >= 0.6 is 11.6 Å². The van der Waals surface area contributed by atoms with Crippen LogP contribution in [0.4, 0.5) is 0 Å². The van der Waals surface area contributed by atoms with Crippen LogP contribution in [0, 0.1) is 13.8 Å². The van der Waals surface area contributed by atoms with Gasteiger partial charge in [-0.1, -0.05) is 37.6 Å². The van der Waals surface area contributed by atoms with E-state index in [2.05, 4.69) is 37.4 Å². The van der Waals surface area contributed by atoms with E-state index in [1.54, 1.807) is 0 Å². The maximum atomic E-state index is 12.2. The zero-order valence-corrected chi connectivity index (χ0v) is 13.1. The van der Waals surface area contributed by atoms with Crippen molar-refractivity contribution in [3.05, 3.63) is 34.9 Å². The van der Waals surface area contributed by atoms with Gasteiger partial charge in [0.25, 0.3) is 0 Å². The first kappa shape index (κ1) is 16.0. The first-order valence-corrected chi connectivity index (χ1v) is 7.43. The van der Waals surface area contributed by atoms with E-state index in [0.29, 0.717) is 12.3 Å². The van der Waals surface area contributed by atoms with E-state index < -0.39 is 0 Å². The quantitative estimate of drug-likeness (QED) is 0.791. The third kappa shape index (κ3) is 4.24. The molecule has 1 rings (SSSR count). The SMILES string of the molecule is CCC(CC)(CCl)NC(=O)Cc1cc(C)ccc1C. The Bertz CT molecular complexity index is 430. The largest absolute Gasteiger partial charge is 0.349 e. The Labute approximate surface area is 121 Å². The second kappa shape index (κ2) is 6.95. The highest BCUT2D eigenvalue weighted by Crippen LogP contribution is 2.18. The summed E-state index contributed by atoms with van der Waals surface area (Å²) in [5.41, 5.74) is 3.16. The number of aryl methyl sites for hydroxylation is 2. The summed E-state index contributed by atoms with van der Waals surface area (Å²) < 4.78 is 0. The molecular formula is C16H24ClNO. The predicted molar refractivity (Wildman–Crippen MR) is 81.8 cm³/mol. The van der Waals surface area contributed by atoms with E-state index in [-0.39, 0.29) is 11.4 Å². The molecule has 0 aromatic heterocycles. The van der Waals surface area contributed by atoms with Crippen LogP contribution in [0.25, 0.3) is 0 Å². The molecule has 0 saturated carbocycles. The number of hydrogen-bond donors (Lipinski definition) is 1. The molecule has 0 aliphatic rings. The van der Waals surface area contributed by atoms with Gasteiger partial charge in [0, 0.05) is 5.88 Å². The van der Waals surface area contributed by atoms with Crippen LogP contribution < -0.4 is 5.32 Å². The maximum absolute atomic E-state index is 12.2. The summed E-state index contributed by atoms with van der Waals surface area (Å²) in [5.74, 6) is 0.511. The lowest BCUT2D eigenvalue weighted by atomic mass is 9.94. The zero-order valence-electron chi connectivity index (χ0n) is 12.3. The Morgan fingerprint density at radius 1 is 1.26 bits per heavy atom. The topological polar surface area (TPSA) is 29.1 Å². The third-order valence-corrected chi connectivity index (χ3v) is 4.38. The van der Waals surface area contributed by atoms with Gasteiger partial charge in [0.1, 0.15) is 0 Å². The molecule has 2 nitrogen and oxygen atoms in total. The number of halogens is 1. The highest BCUT2D eigenvalue weighted by molar-refractivity contribution is 6.18. The van der Waals surface area contributed by atoms with Gasteiger partial charge in [0.2, 0.25) is 5.91 Å². The van der Waals surface area contributed by atoms with Gasteiger partial charge < -0.3 is 5.32 Å². The summed E-state index contributed by atoms with van der Waals surface area (Å²) in [6, 6.07) is 6.21. The molecule has 0 radical (unpaired) electrons. The minimum Gasteiger partial charge on any atom is -0.349 e. The summed E-state index contributed by atoms with van der Waals surface area (Å²) >= 11 is 6.01. The number of nitrogens with one attached hydrogen (secondary N) is 1. The van der Waals surface area contributed by atoms with Crippen molar-refractivity contribution in [2.24, 2.45) is 0 Å². The summed E-state index contributed by atoms with van der Waals surface area (Å²) in [6.45, 7) is 8.20. The number of alkyl halides is 1. The minimum atomic E-state index is -0.267. The second-order valence-electron chi connectivity index (χ2n) is 5.28. The van der Waals surface area contributed by atoms with Crippen molar-refractivity contribution >= 4 is 17.5 Å². The number of amides is 1. The van der Waals surface area contributed by atoms with Gasteiger partial charge in [-0.15, -0.1) is 11.6 Å². The fraction of sp³-hybridized carbons (Fsp3) is 0.562. The average Bonchev–Trinajstić information content (AvgIpc) is 2.40. The maximum Gasteiger partial charge on any atom is 0.224 e. The van der Waals surface area contributed by atoms with Crippen molar-refractivity contribution in [1.29, 1.82) is 0 Å². The molecular weight excluding hydrogens is 258 g/mol. The number of hydrogen-bond acceptors (Lipinski definition) is 1. The number of benzene rings is 1. The van der Waals surface area contributed by atoms with Crippen LogP contribution in [0.5, 0.6) is 0 Å². The first-order chi connectivity index (χ1) is 8.96. The van der Waals surface area contributed by atoms with Crippen molar-refractivity contribution in [1.82, 2.24) is 5.32 Å². The fourth-order valence-electron chi connectivity index (χ4n) is 2.15. The third-order valence-electron chi connectivity index (χ3n) is 3.87. The molecule has 19 heavy (non-hydrogen) atoms. The molecule has 0 heterocycles. The highest BCUT2D eigenvalue weighted by atomic mass is 35.5. The van der Waals surface area contributed by atoms with Crippen LogP contribution in [0.15, 0.2) is 18.2 Å². The molecule has 1 amide bonds. The molecule has 0 aliphatic carbocycles. The number of carbonyl (C=O) groups is 1. The van der Waals surface area contributed by atoms with Gasteiger partial charge in [-0.25, -0.2) is 0 Å². The Morgan fingerprint density at radius 2 is 1.89 bits per heavy atom. The molecule has 0 spiro atoms. The van der Waals surface area contributed by atoms with Gasteiger partial charge in [-0.3, -0.25) is 4.79 Å². The highest BCUT2D eigenvalue weighted by Gasteiger charge is 2.26. The predicted octanol–water partition coefficient (Wildman–Crippen LogP) is 3.76. The smallest absolute Gasteiger partial charge is 0.224 e. The molecule has 0 aliphatic heterocycles. The normalized spacial score (nSPS) is 11.4. The van der Waals surface area contributed by atoms with Gasteiger partial charge in [0.05, 0.1) is 12.0 Å². The van der Waals surface area contributed by atoms with E-state index in [9.17, 15) is 4.79 Å². The van der Waals surface area contributed by atoms with E-state index in [0.717, 1.165) is 24.0 Å². The van der Waals surface area contributed by atoms with Crippen molar-refractivity contribution in [2.45, 2.75) is 52.5 Å². The fourth-order valence-corrected chi connectivity index (χ4v) is 2.60. The molecule has 3 heteroatoms. The molecule has 0 atom stereocenters. The van der Waals surface area contributed by atoms with Crippen molar-refractivity contribution < 1.29 is 4.79 Å². The lowest BCUT2D eigenvalue weighted by molar-refractivity contribution is -0.122. The standard InChI is InChI=1S/C16H24ClNO/c1-5-16(6-2,11-17)18-15(19)10-14-9-12(3)7-8-13(14)4/h7-9H,5-6,10-11H2,1-4H3,(H,18,19). The van der Waals surface area contributed by atoms with Crippen LogP contribution in [-0.2, 0) is 11.2 Å². The lowest BCUT2D eigenvalue weighted by Crippen LogP contribution is -2.49. The van der Waals surface area contributed by atoms with Crippen LogP contribution in [0.3, 0.4) is 0 Å². The van der Waals surface area contributed by atoms with Crippen LogP contribution in [-0.4, -0.2) is 17.3 Å². The van der Waals surface area contributed by atoms with Gasteiger partial charge in [0.15, 0.2) is 0 Å². The Balaban J connectivity index is 2.77. The van der Waals surface area contributed by atoms with Crippen molar-refractivity contribution in [3.8, 4) is 0 Å². The zero-order chi connectivity index (χ0) is 14.5. The van der Waals surface area contributed by atoms with Crippen LogP contribution in [0.2, 0.25) is 0 Å². The van der Waals surface area contributed by atoms with Gasteiger partial charge >= 0.3 is 0 Å². The first-order valence-electron chi connectivity index (χ1n) is 6.89. The summed E-state index contributed by atoms with van der Waals surface area (Å²) in [4.78, 5) is 12.2. The lowest BCUT2D eigenvalue weighted by Gasteiger charge is -2.30. The second-order valence-corrected chi connectivity index (χ2v) is 5.54. The monoisotopic (exact) mass is 281 g/mol. The Morgan fingerprint density at radius 3 is 2.42 bits per heavy atom. The molecule has 0 saturated heterocycles. The summed E-state index contributed by atoms with van der Waals surface area (Å²) in [6.07, 6.45) is 2.13. The molecule has 0 unspecified atom stereocenters.